The van der Waals surface area contributed by atoms with E-state index in [2.05, 4.69) is 187 Å². The van der Waals surface area contributed by atoms with E-state index < -0.39 is 0 Å². The first kappa shape index (κ1) is 32.0. The van der Waals surface area contributed by atoms with E-state index in [1.165, 1.54) is 99.5 Å². The summed E-state index contributed by atoms with van der Waals surface area (Å²) in [6, 6.07) is 18.9. The number of allylic oxidation sites excluding steroid dienone is 28. The first-order chi connectivity index (χ1) is 26.0. The molecule has 0 bridgehead atoms. The number of hydrogen-bond acceptors (Lipinski definition) is 0. The van der Waals surface area contributed by atoms with E-state index in [9.17, 15) is 0 Å². The van der Waals surface area contributed by atoms with Gasteiger partial charge in [-0.15, -0.1) is 0 Å². The molecule has 0 heterocycles. The maximum atomic E-state index is 2.46. The van der Waals surface area contributed by atoms with Gasteiger partial charge in [-0.25, -0.2) is 0 Å². The lowest BCUT2D eigenvalue weighted by atomic mass is 9.61. The molecule has 54 heavy (non-hydrogen) atoms. The minimum Gasteiger partial charge on any atom is -0.0581 e. The third-order valence-corrected chi connectivity index (χ3v) is 13.3. The van der Waals surface area contributed by atoms with Gasteiger partial charge in [0.15, 0.2) is 0 Å². The van der Waals surface area contributed by atoms with Gasteiger partial charge < -0.3 is 0 Å². The number of rotatable bonds is 2. The second-order valence-corrected chi connectivity index (χ2v) is 18.6. The zero-order valence-electron chi connectivity index (χ0n) is 32.2. The molecule has 0 amide bonds. The van der Waals surface area contributed by atoms with Gasteiger partial charge in [-0.2, -0.15) is 0 Å². The van der Waals surface area contributed by atoms with Crippen molar-refractivity contribution in [2.75, 3.05) is 0 Å². The van der Waals surface area contributed by atoms with Crippen molar-refractivity contribution < 1.29 is 0 Å². The van der Waals surface area contributed by atoms with Crippen LogP contribution < -0.4 is 0 Å². The van der Waals surface area contributed by atoms with Crippen LogP contribution in [0, 0.1) is 34.5 Å². The van der Waals surface area contributed by atoms with Crippen LogP contribution in [0.2, 0.25) is 0 Å². The van der Waals surface area contributed by atoms with E-state index in [0.717, 1.165) is 0 Å². The molecule has 0 aliphatic heterocycles. The highest BCUT2D eigenvalue weighted by molar-refractivity contribution is 6.09. The molecular weight excluding hydrogens is 649 g/mol. The first-order valence-electron chi connectivity index (χ1n) is 19.9. The average molecular weight is 695 g/mol. The van der Waals surface area contributed by atoms with Crippen LogP contribution in [0.1, 0.15) is 52.7 Å². The van der Waals surface area contributed by atoms with Gasteiger partial charge >= 0.3 is 0 Å². The smallest absolute Gasteiger partial charge is 0.0205 e. The van der Waals surface area contributed by atoms with Crippen molar-refractivity contribution >= 4 is 32.7 Å². The molecule has 0 spiro atoms. The highest BCUT2D eigenvalue weighted by Gasteiger charge is 2.42. The van der Waals surface area contributed by atoms with E-state index in [1.54, 1.807) is 0 Å². The van der Waals surface area contributed by atoms with Crippen LogP contribution in [0.3, 0.4) is 0 Å². The average Bonchev–Trinajstić information content (AvgIpc) is 3.17. The lowest BCUT2D eigenvalue weighted by Crippen LogP contribution is -2.30. The fraction of sp³-hybridized carbons (Fsp3) is 0.222. The van der Waals surface area contributed by atoms with Crippen molar-refractivity contribution in [1.82, 2.24) is 0 Å². The first-order valence-corrected chi connectivity index (χ1v) is 19.9. The standard InChI is InChI=1S/C54H46/c1-53(2,3)41-27-37-11-7-31-13-19-45(47-23-17-39(29-41)49(37)51(31)47)35-15-21-43-33(25-35)9-10-34-26-36(16-22-44(34)43)46-20-14-32-8-12-38-28-42(54(4,5)6)30-40-18-24-48(46)52(32)50(38)40/h7-30,49-52H,1-6H3. The van der Waals surface area contributed by atoms with Crippen LogP contribution in [0.15, 0.2) is 201 Å². The highest BCUT2D eigenvalue weighted by atomic mass is 14.5. The molecule has 0 radical (unpaired) electrons. The van der Waals surface area contributed by atoms with Crippen molar-refractivity contribution in [1.29, 1.82) is 0 Å². The summed E-state index contributed by atoms with van der Waals surface area (Å²) in [6.07, 6.45) is 38.3. The van der Waals surface area contributed by atoms with Crippen molar-refractivity contribution in [2.24, 2.45) is 34.5 Å². The van der Waals surface area contributed by atoms with E-state index in [-0.39, 0.29) is 10.8 Å². The van der Waals surface area contributed by atoms with Gasteiger partial charge in [0.1, 0.15) is 0 Å². The Morgan fingerprint density at radius 1 is 0.370 bits per heavy atom. The molecule has 0 heteroatoms. The van der Waals surface area contributed by atoms with Gasteiger partial charge in [0.2, 0.25) is 0 Å². The molecule has 8 aliphatic carbocycles. The Labute approximate surface area is 320 Å². The molecule has 4 atom stereocenters. The quantitative estimate of drug-likeness (QED) is 0.234. The van der Waals surface area contributed by atoms with Crippen LogP contribution in [0.25, 0.3) is 32.7 Å². The minimum absolute atomic E-state index is 0.129. The Balaban J connectivity index is 0.946. The van der Waals surface area contributed by atoms with Gasteiger partial charge in [0.05, 0.1) is 0 Å². The number of benzene rings is 3. The Bertz CT molecular complexity index is 2560. The van der Waals surface area contributed by atoms with Crippen molar-refractivity contribution in [3.8, 4) is 0 Å². The predicted molar refractivity (Wildman–Crippen MR) is 229 cm³/mol. The topological polar surface area (TPSA) is 0 Å². The Morgan fingerprint density at radius 2 is 0.778 bits per heavy atom. The number of fused-ring (bicyclic) bond motifs is 3. The van der Waals surface area contributed by atoms with Gasteiger partial charge in [-0.3, -0.25) is 0 Å². The minimum atomic E-state index is 0.129. The molecule has 0 saturated heterocycles. The lowest BCUT2D eigenvalue weighted by Gasteiger charge is -2.42. The number of hydrogen-bond donors (Lipinski definition) is 0. The van der Waals surface area contributed by atoms with Gasteiger partial charge in [0, 0.05) is 23.7 Å². The van der Waals surface area contributed by atoms with Gasteiger partial charge in [-0.05, 0) is 123 Å². The molecule has 3 aromatic rings. The second-order valence-electron chi connectivity index (χ2n) is 18.6. The maximum Gasteiger partial charge on any atom is 0.0205 e. The SMILES string of the molecule is CC(C)(C)C1=CC2=CC=C3C(c4ccc5c(ccc6cc(C7=CC=C8C=CC9=CC(C(C)(C)C)=CC%10=CC=C7C8C%109)ccc65)c4)=CC=C4C=CC(=C1)C2C43. The zero-order valence-corrected chi connectivity index (χ0v) is 32.2. The Morgan fingerprint density at radius 3 is 1.20 bits per heavy atom. The lowest BCUT2D eigenvalue weighted by molar-refractivity contribution is 0.500. The molecule has 0 nitrogen and oxygen atoms in total. The zero-order chi connectivity index (χ0) is 36.7. The monoisotopic (exact) mass is 694 g/mol. The van der Waals surface area contributed by atoms with Crippen LogP contribution in [-0.2, 0) is 0 Å². The summed E-state index contributed by atoms with van der Waals surface area (Å²) >= 11 is 0. The Kier molecular flexibility index (Phi) is 6.55. The highest BCUT2D eigenvalue weighted by Crippen LogP contribution is 2.55. The van der Waals surface area contributed by atoms with Gasteiger partial charge in [-0.1, -0.05) is 175 Å². The van der Waals surface area contributed by atoms with Gasteiger partial charge in [0.25, 0.3) is 0 Å². The van der Waals surface area contributed by atoms with Crippen LogP contribution in [0.5, 0.6) is 0 Å². The van der Waals surface area contributed by atoms with Crippen molar-refractivity contribution in [2.45, 2.75) is 41.5 Å². The molecule has 0 N–H and O–H groups in total. The molecule has 0 fully saturated rings. The second kappa shape index (κ2) is 11.0. The molecule has 4 unspecified atom stereocenters. The van der Waals surface area contributed by atoms with E-state index in [4.69, 9.17) is 0 Å². The molecule has 11 rings (SSSR count). The van der Waals surface area contributed by atoms with E-state index in [0.29, 0.717) is 23.7 Å². The molecular formula is C54H46. The summed E-state index contributed by atoms with van der Waals surface area (Å²) in [7, 11) is 0. The molecule has 3 aromatic carbocycles. The van der Waals surface area contributed by atoms with Crippen molar-refractivity contribution in [3.63, 3.8) is 0 Å². The molecule has 0 saturated carbocycles. The van der Waals surface area contributed by atoms with E-state index in [1.807, 2.05) is 0 Å². The van der Waals surface area contributed by atoms with Crippen LogP contribution in [-0.4, -0.2) is 0 Å². The maximum absolute atomic E-state index is 2.46. The molecule has 0 aromatic heterocycles. The Hall–Kier alpha value is -5.46. The molecule has 262 valence electrons. The third-order valence-electron chi connectivity index (χ3n) is 13.3. The summed E-state index contributed by atoms with van der Waals surface area (Å²) in [5.74, 6) is 1.53. The van der Waals surface area contributed by atoms with Crippen molar-refractivity contribution in [3.05, 3.63) is 213 Å². The third kappa shape index (κ3) is 4.68. The summed E-state index contributed by atoms with van der Waals surface area (Å²) in [4.78, 5) is 0. The summed E-state index contributed by atoms with van der Waals surface area (Å²) < 4.78 is 0. The summed E-state index contributed by atoms with van der Waals surface area (Å²) in [5, 5.41) is 5.21. The predicted octanol–water partition coefficient (Wildman–Crippen LogP) is 13.8. The fourth-order valence-electron chi connectivity index (χ4n) is 10.4. The van der Waals surface area contributed by atoms with E-state index >= 15 is 0 Å². The fourth-order valence-corrected chi connectivity index (χ4v) is 10.4. The summed E-state index contributed by atoms with van der Waals surface area (Å²) in [6.45, 7) is 13.9. The largest absolute Gasteiger partial charge is 0.0581 e. The normalized spacial score (nSPS) is 26.0. The van der Waals surface area contributed by atoms with Crippen LogP contribution >= 0.6 is 0 Å². The van der Waals surface area contributed by atoms with Crippen LogP contribution in [0.4, 0.5) is 0 Å². The molecule has 8 aliphatic rings. The summed E-state index contributed by atoms with van der Waals surface area (Å²) in [5.41, 5.74) is 19.9.